The Bertz CT molecular complexity index is 152. The van der Waals surface area contributed by atoms with Crippen molar-refractivity contribution in [3.63, 3.8) is 0 Å². The second-order valence-electron chi connectivity index (χ2n) is 4.73. The monoisotopic (exact) mass is 171 g/mol. The Morgan fingerprint density at radius 3 is 2.50 bits per heavy atom. The molecule has 3 atom stereocenters. The molecule has 0 radical (unpaired) electrons. The summed E-state index contributed by atoms with van der Waals surface area (Å²) in [6.07, 6.45) is 2.14. The highest BCUT2D eigenvalue weighted by atomic mass is 16.3. The molecule has 0 unspecified atom stereocenters. The fourth-order valence-electron chi connectivity index (χ4n) is 2.27. The number of nitrogens with two attached hydrogens (primary N) is 1. The summed E-state index contributed by atoms with van der Waals surface area (Å²) in [5.74, 6) is 0.954. The summed E-state index contributed by atoms with van der Waals surface area (Å²) in [5, 5.41) is 9.19. The zero-order valence-corrected chi connectivity index (χ0v) is 8.38. The summed E-state index contributed by atoms with van der Waals surface area (Å²) in [6.45, 7) is 6.95. The van der Waals surface area contributed by atoms with Crippen molar-refractivity contribution in [2.45, 2.75) is 39.7 Å². The van der Waals surface area contributed by atoms with Crippen LogP contribution in [0.2, 0.25) is 0 Å². The minimum atomic E-state index is 0.201. The van der Waals surface area contributed by atoms with E-state index in [4.69, 9.17) is 5.73 Å². The summed E-state index contributed by atoms with van der Waals surface area (Å²) >= 11 is 0. The molecule has 1 fully saturated rings. The average molecular weight is 171 g/mol. The van der Waals surface area contributed by atoms with E-state index in [9.17, 15) is 5.11 Å². The third-order valence-corrected chi connectivity index (χ3v) is 3.94. The normalized spacial score (nSPS) is 41.2. The first-order valence-electron chi connectivity index (χ1n) is 4.86. The molecule has 0 aromatic carbocycles. The van der Waals surface area contributed by atoms with Crippen LogP contribution in [0, 0.1) is 17.3 Å². The summed E-state index contributed by atoms with van der Waals surface area (Å²) in [5.41, 5.74) is 6.19. The molecular weight excluding hydrogens is 150 g/mol. The van der Waals surface area contributed by atoms with Gasteiger partial charge in [-0.2, -0.15) is 0 Å². The van der Waals surface area contributed by atoms with E-state index in [0.29, 0.717) is 24.5 Å². The van der Waals surface area contributed by atoms with Gasteiger partial charge in [0.05, 0.1) is 0 Å². The maximum Gasteiger partial charge on any atom is 0.0464 e. The molecule has 0 bridgehead atoms. The van der Waals surface area contributed by atoms with Gasteiger partial charge in [-0.05, 0) is 30.1 Å². The zero-order valence-electron chi connectivity index (χ0n) is 8.38. The molecule has 1 aliphatic rings. The highest BCUT2D eigenvalue weighted by molar-refractivity contribution is 4.92. The van der Waals surface area contributed by atoms with E-state index in [-0.39, 0.29) is 5.41 Å². The summed E-state index contributed by atoms with van der Waals surface area (Å²) in [4.78, 5) is 0. The molecule has 0 spiro atoms. The third-order valence-electron chi connectivity index (χ3n) is 3.94. The largest absolute Gasteiger partial charge is 0.396 e. The van der Waals surface area contributed by atoms with Crippen LogP contribution in [0.4, 0.5) is 0 Å². The van der Waals surface area contributed by atoms with E-state index in [2.05, 4.69) is 20.8 Å². The van der Waals surface area contributed by atoms with Crippen LogP contribution in [0.15, 0.2) is 0 Å². The molecule has 1 rings (SSSR count). The van der Waals surface area contributed by atoms with Gasteiger partial charge in [0.25, 0.3) is 0 Å². The van der Waals surface area contributed by atoms with Crippen LogP contribution in [0.1, 0.15) is 33.6 Å². The van der Waals surface area contributed by atoms with Crippen molar-refractivity contribution >= 4 is 0 Å². The van der Waals surface area contributed by atoms with Gasteiger partial charge >= 0.3 is 0 Å². The Labute approximate surface area is 75.2 Å². The molecule has 0 aromatic heterocycles. The standard InChI is InChI=1S/C10H21NO/c1-7-9(11)5-4-8(6-12)10(7,2)3/h7-9,12H,4-6,11H2,1-3H3/t7-,8+,9-/m1/s1. The SMILES string of the molecule is C[C@@H]1[C@H](N)CC[C@@H](CO)C1(C)C. The third kappa shape index (κ3) is 1.50. The van der Waals surface area contributed by atoms with Crippen LogP contribution in [0.25, 0.3) is 0 Å². The van der Waals surface area contributed by atoms with E-state index < -0.39 is 0 Å². The molecular formula is C10H21NO. The van der Waals surface area contributed by atoms with Crippen molar-refractivity contribution in [2.75, 3.05) is 6.61 Å². The first-order chi connectivity index (χ1) is 5.50. The molecule has 2 heteroatoms. The van der Waals surface area contributed by atoms with Gasteiger partial charge in [-0.1, -0.05) is 20.8 Å². The average Bonchev–Trinajstić information content (AvgIpc) is 2.01. The minimum absolute atomic E-state index is 0.201. The highest BCUT2D eigenvalue weighted by Gasteiger charge is 2.40. The number of hydrogen-bond acceptors (Lipinski definition) is 2. The molecule has 72 valence electrons. The van der Waals surface area contributed by atoms with Crippen molar-refractivity contribution in [1.29, 1.82) is 0 Å². The van der Waals surface area contributed by atoms with Crippen molar-refractivity contribution < 1.29 is 5.11 Å². The smallest absolute Gasteiger partial charge is 0.0464 e. The van der Waals surface area contributed by atoms with Gasteiger partial charge in [-0.15, -0.1) is 0 Å². The van der Waals surface area contributed by atoms with Crippen molar-refractivity contribution in [3.8, 4) is 0 Å². The van der Waals surface area contributed by atoms with Crippen LogP contribution in [-0.2, 0) is 0 Å². The molecule has 3 N–H and O–H groups in total. The summed E-state index contributed by atoms with van der Waals surface area (Å²) in [7, 11) is 0. The van der Waals surface area contributed by atoms with E-state index in [1.165, 1.54) is 0 Å². The van der Waals surface area contributed by atoms with Crippen molar-refractivity contribution in [2.24, 2.45) is 23.0 Å². The number of hydrogen-bond donors (Lipinski definition) is 2. The first-order valence-corrected chi connectivity index (χ1v) is 4.86. The van der Waals surface area contributed by atoms with Crippen LogP contribution >= 0.6 is 0 Å². The van der Waals surface area contributed by atoms with E-state index in [0.717, 1.165) is 12.8 Å². The van der Waals surface area contributed by atoms with Gasteiger partial charge < -0.3 is 10.8 Å². The molecule has 1 aliphatic carbocycles. The van der Waals surface area contributed by atoms with Gasteiger partial charge in [-0.25, -0.2) is 0 Å². The maximum atomic E-state index is 9.19. The van der Waals surface area contributed by atoms with Gasteiger partial charge in [0.2, 0.25) is 0 Å². The Hall–Kier alpha value is -0.0800. The van der Waals surface area contributed by atoms with Crippen LogP contribution in [0.3, 0.4) is 0 Å². The highest BCUT2D eigenvalue weighted by Crippen LogP contribution is 2.43. The molecule has 2 nitrogen and oxygen atoms in total. The van der Waals surface area contributed by atoms with Crippen LogP contribution in [0.5, 0.6) is 0 Å². The van der Waals surface area contributed by atoms with Gasteiger partial charge in [-0.3, -0.25) is 0 Å². The van der Waals surface area contributed by atoms with Gasteiger partial charge in [0, 0.05) is 12.6 Å². The number of aliphatic hydroxyl groups is 1. The lowest BCUT2D eigenvalue weighted by molar-refractivity contribution is 0.0168. The quantitative estimate of drug-likeness (QED) is 0.626. The predicted molar refractivity (Wildman–Crippen MR) is 50.7 cm³/mol. The van der Waals surface area contributed by atoms with Crippen LogP contribution < -0.4 is 5.73 Å². The first kappa shape index (κ1) is 10.0. The Kier molecular flexibility index (Phi) is 2.79. The van der Waals surface area contributed by atoms with E-state index in [1.54, 1.807) is 0 Å². The molecule has 12 heavy (non-hydrogen) atoms. The minimum Gasteiger partial charge on any atom is -0.396 e. The molecule has 0 aliphatic heterocycles. The van der Waals surface area contributed by atoms with Gasteiger partial charge in [0.1, 0.15) is 0 Å². The predicted octanol–water partition coefficient (Wildman–Crippen LogP) is 1.38. The molecule has 0 heterocycles. The summed E-state index contributed by atoms with van der Waals surface area (Å²) in [6, 6.07) is 0.322. The lowest BCUT2D eigenvalue weighted by Crippen LogP contribution is -2.47. The molecule has 0 saturated heterocycles. The Balaban J connectivity index is 2.73. The number of aliphatic hydroxyl groups excluding tert-OH is 1. The lowest BCUT2D eigenvalue weighted by Gasteiger charge is -2.46. The fraction of sp³-hybridized carbons (Fsp3) is 1.00. The van der Waals surface area contributed by atoms with Gasteiger partial charge in [0.15, 0.2) is 0 Å². The van der Waals surface area contributed by atoms with Crippen LogP contribution in [-0.4, -0.2) is 17.8 Å². The summed E-state index contributed by atoms with van der Waals surface area (Å²) < 4.78 is 0. The van der Waals surface area contributed by atoms with Crippen molar-refractivity contribution in [1.82, 2.24) is 0 Å². The number of rotatable bonds is 1. The molecule has 0 amide bonds. The topological polar surface area (TPSA) is 46.2 Å². The molecule has 1 saturated carbocycles. The maximum absolute atomic E-state index is 9.19. The Morgan fingerprint density at radius 1 is 1.42 bits per heavy atom. The Morgan fingerprint density at radius 2 is 2.00 bits per heavy atom. The zero-order chi connectivity index (χ0) is 9.35. The van der Waals surface area contributed by atoms with Crippen molar-refractivity contribution in [3.05, 3.63) is 0 Å². The van der Waals surface area contributed by atoms with E-state index in [1.807, 2.05) is 0 Å². The lowest BCUT2D eigenvalue weighted by atomic mass is 9.61. The fourth-order valence-corrected chi connectivity index (χ4v) is 2.27. The molecule has 0 aromatic rings. The second-order valence-corrected chi connectivity index (χ2v) is 4.73. The van der Waals surface area contributed by atoms with E-state index >= 15 is 0 Å². The second kappa shape index (κ2) is 3.35.